The Morgan fingerprint density at radius 1 is 1.02 bits per heavy atom. The molecular formula is C34H39N3O5S. The number of nitrogens with zero attached hydrogens (tertiary/aromatic N) is 1. The van der Waals surface area contributed by atoms with Crippen molar-refractivity contribution in [3.63, 3.8) is 0 Å². The number of carbonyl (C=O) groups excluding carboxylic acids is 3. The van der Waals surface area contributed by atoms with E-state index in [0.29, 0.717) is 30.8 Å². The molecule has 9 heteroatoms. The molecule has 0 aromatic heterocycles. The molecule has 3 aliphatic heterocycles. The van der Waals surface area contributed by atoms with E-state index in [1.165, 1.54) is 0 Å². The van der Waals surface area contributed by atoms with E-state index in [4.69, 9.17) is 4.74 Å². The minimum atomic E-state index is -0.800. The number of anilines is 2. The first-order valence-corrected chi connectivity index (χ1v) is 16.1. The lowest BCUT2D eigenvalue weighted by Crippen LogP contribution is -2.55. The molecule has 6 rings (SSSR count). The second-order valence-electron chi connectivity index (χ2n) is 12.3. The van der Waals surface area contributed by atoms with Crippen LogP contribution in [0.15, 0.2) is 66.7 Å². The molecule has 43 heavy (non-hydrogen) atoms. The van der Waals surface area contributed by atoms with Gasteiger partial charge in [-0.1, -0.05) is 44.2 Å². The second kappa shape index (κ2) is 11.8. The standard InChI is InChI=1S/C34H39N3O5S/c1-4-42-26-13-11-23(12-14-26)35-31(39)28-27-15-16-34(43-27)29(28)33(41)37(25(19-38)17-20(2)3)30(34)32(40)36-24-10-9-21-7-5-6-8-22(21)18-24/h5-14,18,20,25,27-30,38H,4,15-17,19H2,1-3H3,(H,35,39)(H,36,40)/t25-,27+,28-,29+,30?,34?/m1/s1. The number of benzene rings is 3. The first-order valence-electron chi connectivity index (χ1n) is 15.2. The molecule has 8 nitrogen and oxygen atoms in total. The van der Waals surface area contributed by atoms with Crippen molar-refractivity contribution < 1.29 is 24.2 Å². The van der Waals surface area contributed by atoms with Crippen LogP contribution in [-0.2, 0) is 14.4 Å². The van der Waals surface area contributed by atoms with Gasteiger partial charge in [0.05, 0.1) is 35.8 Å². The molecule has 3 fully saturated rings. The fourth-order valence-corrected chi connectivity index (χ4v) is 9.61. The number of ether oxygens (including phenoxy) is 1. The molecule has 3 N–H and O–H groups in total. The van der Waals surface area contributed by atoms with Crippen LogP contribution in [0.1, 0.15) is 40.0 Å². The first-order chi connectivity index (χ1) is 20.8. The molecule has 3 aromatic rings. The van der Waals surface area contributed by atoms with E-state index in [0.717, 1.165) is 22.9 Å². The minimum absolute atomic E-state index is 0.0626. The van der Waals surface area contributed by atoms with Crippen LogP contribution >= 0.6 is 11.8 Å². The second-order valence-corrected chi connectivity index (χ2v) is 13.9. The van der Waals surface area contributed by atoms with Crippen LogP contribution in [0, 0.1) is 17.8 Å². The van der Waals surface area contributed by atoms with E-state index < -0.39 is 28.7 Å². The van der Waals surface area contributed by atoms with Crippen molar-refractivity contribution in [1.82, 2.24) is 4.90 Å². The third kappa shape index (κ3) is 5.27. The Morgan fingerprint density at radius 2 is 1.72 bits per heavy atom. The highest BCUT2D eigenvalue weighted by Crippen LogP contribution is 2.66. The molecule has 0 radical (unpaired) electrons. The Morgan fingerprint density at radius 3 is 2.42 bits per heavy atom. The van der Waals surface area contributed by atoms with Gasteiger partial charge in [0.15, 0.2) is 0 Å². The summed E-state index contributed by atoms with van der Waals surface area (Å²) in [5.41, 5.74) is 1.29. The van der Waals surface area contributed by atoms with Gasteiger partial charge in [0.25, 0.3) is 0 Å². The van der Waals surface area contributed by atoms with Gasteiger partial charge in [0, 0.05) is 16.6 Å². The van der Waals surface area contributed by atoms with E-state index in [-0.39, 0.29) is 35.5 Å². The van der Waals surface area contributed by atoms with Crippen molar-refractivity contribution >= 4 is 51.6 Å². The number of amides is 3. The molecule has 3 aliphatic rings. The number of fused-ring (bicyclic) bond motifs is 2. The van der Waals surface area contributed by atoms with Crippen LogP contribution < -0.4 is 15.4 Å². The number of aliphatic hydroxyl groups is 1. The number of rotatable bonds is 10. The lowest BCUT2D eigenvalue weighted by molar-refractivity contribution is -0.141. The molecule has 3 amide bonds. The molecule has 1 spiro atoms. The van der Waals surface area contributed by atoms with Gasteiger partial charge in [-0.25, -0.2) is 0 Å². The maximum absolute atomic E-state index is 14.4. The Balaban J connectivity index is 1.32. The highest BCUT2D eigenvalue weighted by atomic mass is 32.2. The summed E-state index contributed by atoms with van der Waals surface area (Å²) in [6, 6.07) is 19.6. The zero-order valence-corrected chi connectivity index (χ0v) is 25.6. The van der Waals surface area contributed by atoms with Crippen molar-refractivity contribution in [2.24, 2.45) is 17.8 Å². The number of aliphatic hydroxyl groups excluding tert-OH is 1. The van der Waals surface area contributed by atoms with Gasteiger partial charge in [0.1, 0.15) is 11.8 Å². The normalized spacial score (nSPS) is 26.5. The third-order valence-corrected chi connectivity index (χ3v) is 11.0. The predicted molar refractivity (Wildman–Crippen MR) is 170 cm³/mol. The third-order valence-electron chi connectivity index (χ3n) is 9.09. The summed E-state index contributed by atoms with van der Waals surface area (Å²) in [7, 11) is 0. The zero-order valence-electron chi connectivity index (χ0n) is 24.8. The van der Waals surface area contributed by atoms with Crippen molar-refractivity contribution in [2.75, 3.05) is 23.8 Å². The summed E-state index contributed by atoms with van der Waals surface area (Å²) in [6.07, 6.45) is 1.97. The molecule has 6 atom stereocenters. The monoisotopic (exact) mass is 601 g/mol. The number of thioether (sulfide) groups is 1. The molecular weight excluding hydrogens is 562 g/mol. The Labute approximate surface area is 256 Å². The number of carbonyl (C=O) groups is 3. The Kier molecular flexibility index (Phi) is 8.13. The summed E-state index contributed by atoms with van der Waals surface area (Å²) in [5.74, 6) is -0.980. The molecule has 3 saturated heterocycles. The highest BCUT2D eigenvalue weighted by Gasteiger charge is 2.74. The molecule has 3 heterocycles. The summed E-state index contributed by atoms with van der Waals surface area (Å²) in [5, 5.41) is 18.7. The van der Waals surface area contributed by atoms with Crippen LogP contribution in [0.3, 0.4) is 0 Å². The van der Waals surface area contributed by atoms with Gasteiger partial charge in [-0.15, -0.1) is 11.8 Å². The van der Waals surface area contributed by atoms with E-state index in [2.05, 4.69) is 10.6 Å². The van der Waals surface area contributed by atoms with Gasteiger partial charge in [-0.3, -0.25) is 14.4 Å². The van der Waals surface area contributed by atoms with Crippen LogP contribution in [0.2, 0.25) is 0 Å². The van der Waals surface area contributed by atoms with Crippen LogP contribution in [0.25, 0.3) is 10.8 Å². The first kappa shape index (κ1) is 29.5. The maximum atomic E-state index is 14.4. The average molecular weight is 602 g/mol. The molecule has 2 unspecified atom stereocenters. The van der Waals surface area contributed by atoms with Gasteiger partial charge >= 0.3 is 0 Å². The predicted octanol–water partition coefficient (Wildman–Crippen LogP) is 5.31. The fourth-order valence-electron chi connectivity index (χ4n) is 7.41. The van der Waals surface area contributed by atoms with Crippen molar-refractivity contribution in [3.8, 4) is 5.75 Å². The van der Waals surface area contributed by atoms with Gasteiger partial charge in [-0.05, 0) is 79.3 Å². The Hall–Kier alpha value is -3.56. The van der Waals surface area contributed by atoms with E-state index in [1.54, 1.807) is 28.8 Å². The van der Waals surface area contributed by atoms with Gasteiger partial charge in [-0.2, -0.15) is 0 Å². The van der Waals surface area contributed by atoms with Crippen molar-refractivity contribution in [2.45, 2.75) is 62.1 Å². The summed E-state index contributed by atoms with van der Waals surface area (Å²) >= 11 is 1.62. The summed E-state index contributed by atoms with van der Waals surface area (Å²) in [4.78, 5) is 44.2. The maximum Gasteiger partial charge on any atom is 0.248 e. The fraction of sp³-hybridized carbons (Fsp3) is 0.441. The quantitative estimate of drug-likeness (QED) is 0.291. The van der Waals surface area contributed by atoms with E-state index in [1.807, 2.05) is 75.4 Å². The molecule has 2 bridgehead atoms. The SMILES string of the molecule is CCOc1ccc(NC(=O)[C@@H]2[C@@H]3CCC4(S3)C(C(=O)Nc3ccc5ccccc5c3)N([C@@H](CO)CC(C)C)C(=O)[C@H]24)cc1. The number of hydrogen-bond donors (Lipinski definition) is 3. The summed E-state index contributed by atoms with van der Waals surface area (Å²) < 4.78 is 4.78. The molecule has 226 valence electrons. The topological polar surface area (TPSA) is 108 Å². The molecule has 0 aliphatic carbocycles. The lowest BCUT2D eigenvalue weighted by atomic mass is 9.70. The van der Waals surface area contributed by atoms with Crippen LogP contribution in [0.5, 0.6) is 5.75 Å². The number of nitrogens with one attached hydrogen (secondary N) is 2. The highest BCUT2D eigenvalue weighted by molar-refractivity contribution is 8.02. The number of hydrogen-bond acceptors (Lipinski definition) is 6. The smallest absolute Gasteiger partial charge is 0.248 e. The minimum Gasteiger partial charge on any atom is -0.494 e. The largest absolute Gasteiger partial charge is 0.494 e. The van der Waals surface area contributed by atoms with Crippen LogP contribution in [0.4, 0.5) is 11.4 Å². The Bertz CT molecular complexity index is 1530. The summed E-state index contributed by atoms with van der Waals surface area (Å²) in [6.45, 7) is 6.30. The average Bonchev–Trinajstić information content (AvgIpc) is 3.64. The van der Waals surface area contributed by atoms with Crippen molar-refractivity contribution in [3.05, 3.63) is 66.7 Å². The zero-order chi connectivity index (χ0) is 30.3. The van der Waals surface area contributed by atoms with Crippen molar-refractivity contribution in [1.29, 1.82) is 0 Å². The molecule has 0 saturated carbocycles. The van der Waals surface area contributed by atoms with Gasteiger partial charge in [0.2, 0.25) is 17.7 Å². The van der Waals surface area contributed by atoms with Crippen LogP contribution in [-0.4, -0.2) is 63.0 Å². The lowest BCUT2D eigenvalue weighted by Gasteiger charge is -2.37. The van der Waals surface area contributed by atoms with Gasteiger partial charge < -0.3 is 25.4 Å². The number of likely N-dealkylation sites (tertiary alicyclic amines) is 1. The van der Waals surface area contributed by atoms with E-state index in [9.17, 15) is 19.5 Å². The molecule has 3 aromatic carbocycles. The van der Waals surface area contributed by atoms with E-state index >= 15 is 0 Å².